The summed E-state index contributed by atoms with van der Waals surface area (Å²) in [4.78, 5) is 0.195. The highest BCUT2D eigenvalue weighted by molar-refractivity contribution is 7.89. The molecule has 6 heteroatoms. The summed E-state index contributed by atoms with van der Waals surface area (Å²) in [5.74, 6) is 5.51. The first-order valence-electron chi connectivity index (χ1n) is 6.79. The van der Waals surface area contributed by atoms with E-state index in [1.54, 1.807) is 25.3 Å². The molecule has 0 spiro atoms. The summed E-state index contributed by atoms with van der Waals surface area (Å²) in [6.45, 7) is 3.09. The Morgan fingerprint density at radius 3 is 2.76 bits per heavy atom. The smallest absolute Gasteiger partial charge is 0.241 e. The van der Waals surface area contributed by atoms with E-state index in [2.05, 4.69) is 16.6 Å². The molecule has 0 fully saturated rings. The van der Waals surface area contributed by atoms with Crippen LogP contribution in [0.1, 0.15) is 24.0 Å². The van der Waals surface area contributed by atoms with E-state index in [9.17, 15) is 8.42 Å². The molecule has 1 rings (SSSR count). The average Bonchev–Trinajstić information content (AvgIpc) is 2.44. The van der Waals surface area contributed by atoms with Crippen LogP contribution in [0.3, 0.4) is 0 Å². The van der Waals surface area contributed by atoms with Crippen LogP contribution in [0.2, 0.25) is 0 Å². The molecule has 116 valence electrons. The Bertz CT molecular complexity index is 616. The SMILES string of the molecule is COCCCCNS(=O)(=O)c1ccc(C)cc1C#CCN. The molecule has 3 N–H and O–H groups in total. The van der Waals surface area contributed by atoms with E-state index in [1.807, 2.05) is 6.92 Å². The summed E-state index contributed by atoms with van der Waals surface area (Å²) < 4.78 is 32.2. The number of nitrogens with two attached hydrogens (primary N) is 1. The van der Waals surface area contributed by atoms with E-state index in [-0.39, 0.29) is 11.4 Å². The van der Waals surface area contributed by atoms with Crippen LogP contribution in [0.4, 0.5) is 0 Å². The number of benzene rings is 1. The monoisotopic (exact) mass is 310 g/mol. The third kappa shape index (κ3) is 5.86. The Balaban J connectivity index is 2.87. The summed E-state index contributed by atoms with van der Waals surface area (Å²) in [6, 6.07) is 5.09. The van der Waals surface area contributed by atoms with E-state index in [0.29, 0.717) is 18.7 Å². The Kier molecular flexibility index (Phi) is 7.40. The first kappa shape index (κ1) is 17.7. The lowest BCUT2D eigenvalue weighted by molar-refractivity contribution is 0.193. The second-order valence-electron chi connectivity index (χ2n) is 4.60. The summed E-state index contributed by atoms with van der Waals surface area (Å²) >= 11 is 0. The zero-order valence-corrected chi connectivity index (χ0v) is 13.3. The van der Waals surface area contributed by atoms with E-state index in [4.69, 9.17) is 10.5 Å². The summed E-state index contributed by atoms with van der Waals surface area (Å²) in [5.41, 5.74) is 6.78. The van der Waals surface area contributed by atoms with Crippen molar-refractivity contribution in [1.82, 2.24) is 4.72 Å². The molecule has 0 amide bonds. The number of sulfonamides is 1. The molecule has 5 nitrogen and oxygen atoms in total. The predicted molar refractivity (Wildman–Crippen MR) is 83.4 cm³/mol. The standard InChI is InChI=1S/C15H22N2O3S/c1-13-7-8-15(14(12-13)6-5-9-16)21(18,19)17-10-3-4-11-20-2/h7-8,12,17H,3-4,9-11,16H2,1-2H3. The van der Waals surface area contributed by atoms with E-state index >= 15 is 0 Å². The van der Waals surface area contributed by atoms with Crippen molar-refractivity contribution in [2.75, 3.05) is 26.8 Å². The maximum atomic E-state index is 12.3. The van der Waals surface area contributed by atoms with Gasteiger partial charge in [-0.2, -0.15) is 0 Å². The van der Waals surface area contributed by atoms with E-state index < -0.39 is 10.0 Å². The number of hydrogen-bond donors (Lipinski definition) is 2. The van der Waals surface area contributed by atoms with Gasteiger partial charge in [0.05, 0.1) is 11.4 Å². The van der Waals surface area contributed by atoms with Crippen LogP contribution in [0.15, 0.2) is 23.1 Å². The normalized spacial score (nSPS) is 11.0. The molecule has 0 atom stereocenters. The Morgan fingerprint density at radius 1 is 1.33 bits per heavy atom. The molecule has 0 aromatic heterocycles. The minimum absolute atomic E-state index is 0.192. The molecule has 0 radical (unpaired) electrons. The largest absolute Gasteiger partial charge is 0.385 e. The molecule has 21 heavy (non-hydrogen) atoms. The summed E-state index contributed by atoms with van der Waals surface area (Å²) in [5, 5.41) is 0. The van der Waals surface area contributed by atoms with Gasteiger partial charge in [-0.3, -0.25) is 0 Å². The number of rotatable bonds is 7. The van der Waals surface area contributed by atoms with Crippen LogP contribution in [0.5, 0.6) is 0 Å². The molecule has 0 saturated heterocycles. The topological polar surface area (TPSA) is 81.4 Å². The molecule has 0 bridgehead atoms. The van der Waals surface area contributed by atoms with Crippen LogP contribution in [-0.4, -0.2) is 35.2 Å². The maximum Gasteiger partial charge on any atom is 0.241 e. The van der Waals surface area contributed by atoms with Crippen molar-refractivity contribution < 1.29 is 13.2 Å². The van der Waals surface area contributed by atoms with Gasteiger partial charge in [-0.05, 0) is 37.5 Å². The van der Waals surface area contributed by atoms with Gasteiger partial charge in [0.15, 0.2) is 0 Å². The fourth-order valence-corrected chi connectivity index (χ4v) is 2.99. The van der Waals surface area contributed by atoms with Crippen molar-refractivity contribution in [3.8, 4) is 11.8 Å². The lowest BCUT2D eigenvalue weighted by Crippen LogP contribution is -2.25. The molecule has 1 aromatic carbocycles. The molecule has 0 unspecified atom stereocenters. The fourth-order valence-electron chi connectivity index (χ4n) is 1.78. The van der Waals surface area contributed by atoms with Gasteiger partial charge in [-0.25, -0.2) is 13.1 Å². The molecule has 0 heterocycles. The number of aryl methyl sites for hydroxylation is 1. The number of unbranched alkanes of at least 4 members (excludes halogenated alkanes) is 1. The number of hydrogen-bond acceptors (Lipinski definition) is 4. The van der Waals surface area contributed by atoms with E-state index in [0.717, 1.165) is 18.4 Å². The zero-order valence-electron chi connectivity index (χ0n) is 12.5. The fraction of sp³-hybridized carbons (Fsp3) is 0.467. The summed E-state index contributed by atoms with van der Waals surface area (Å²) in [7, 11) is -1.94. The minimum atomic E-state index is -3.56. The average molecular weight is 310 g/mol. The van der Waals surface area contributed by atoms with Crippen molar-refractivity contribution in [1.29, 1.82) is 0 Å². The van der Waals surface area contributed by atoms with E-state index in [1.165, 1.54) is 0 Å². The Labute approximate surface area is 126 Å². The van der Waals surface area contributed by atoms with Crippen LogP contribution in [-0.2, 0) is 14.8 Å². The molecular formula is C15H22N2O3S. The maximum absolute atomic E-state index is 12.3. The van der Waals surface area contributed by atoms with Crippen LogP contribution in [0.25, 0.3) is 0 Å². The Hall–Kier alpha value is -1.39. The first-order chi connectivity index (χ1) is 10.0. The zero-order chi connectivity index (χ0) is 15.7. The third-order valence-electron chi connectivity index (χ3n) is 2.82. The van der Waals surface area contributed by atoms with Gasteiger partial charge in [0.25, 0.3) is 0 Å². The van der Waals surface area contributed by atoms with Crippen LogP contribution >= 0.6 is 0 Å². The van der Waals surface area contributed by atoms with Gasteiger partial charge in [0.1, 0.15) is 0 Å². The highest BCUT2D eigenvalue weighted by Gasteiger charge is 2.17. The minimum Gasteiger partial charge on any atom is -0.385 e. The van der Waals surface area contributed by atoms with Gasteiger partial charge in [-0.15, -0.1) is 0 Å². The molecule has 1 aromatic rings. The van der Waals surface area contributed by atoms with Crippen molar-refractivity contribution in [2.45, 2.75) is 24.7 Å². The summed E-state index contributed by atoms with van der Waals surface area (Å²) in [6.07, 6.45) is 1.54. The van der Waals surface area contributed by atoms with Gasteiger partial charge in [-0.1, -0.05) is 17.9 Å². The number of ether oxygens (including phenoxy) is 1. The van der Waals surface area contributed by atoms with Crippen LogP contribution < -0.4 is 10.5 Å². The predicted octanol–water partition coefficient (Wildman–Crippen LogP) is 1.01. The first-order valence-corrected chi connectivity index (χ1v) is 8.28. The highest BCUT2D eigenvalue weighted by atomic mass is 32.2. The third-order valence-corrected chi connectivity index (χ3v) is 4.34. The number of nitrogens with one attached hydrogen (secondary N) is 1. The van der Waals surface area contributed by atoms with Gasteiger partial charge in [0, 0.05) is 25.8 Å². The lowest BCUT2D eigenvalue weighted by atomic mass is 10.1. The molecule has 0 saturated carbocycles. The number of methoxy groups -OCH3 is 1. The molecular weight excluding hydrogens is 288 g/mol. The quantitative estimate of drug-likeness (QED) is 0.582. The molecule has 0 aliphatic heterocycles. The van der Waals surface area contributed by atoms with Gasteiger partial charge in [0.2, 0.25) is 10.0 Å². The second-order valence-corrected chi connectivity index (χ2v) is 6.34. The van der Waals surface area contributed by atoms with Crippen molar-refractivity contribution in [3.05, 3.63) is 29.3 Å². The molecule has 0 aliphatic rings. The molecule has 0 aliphatic carbocycles. The second kappa shape index (κ2) is 8.80. The van der Waals surface area contributed by atoms with Crippen LogP contribution in [0, 0.1) is 18.8 Å². The van der Waals surface area contributed by atoms with Crippen molar-refractivity contribution >= 4 is 10.0 Å². The lowest BCUT2D eigenvalue weighted by Gasteiger charge is -2.09. The van der Waals surface area contributed by atoms with Gasteiger partial charge < -0.3 is 10.5 Å². The van der Waals surface area contributed by atoms with Gasteiger partial charge >= 0.3 is 0 Å². The van der Waals surface area contributed by atoms with Crippen molar-refractivity contribution in [3.63, 3.8) is 0 Å². The Morgan fingerprint density at radius 2 is 2.10 bits per heavy atom. The van der Waals surface area contributed by atoms with Crippen molar-refractivity contribution in [2.24, 2.45) is 5.73 Å². The highest BCUT2D eigenvalue weighted by Crippen LogP contribution is 2.16.